The summed E-state index contributed by atoms with van der Waals surface area (Å²) in [6.07, 6.45) is 0. The number of nitrogens with zero attached hydrogens (tertiary/aromatic N) is 1. The summed E-state index contributed by atoms with van der Waals surface area (Å²) in [7, 11) is 1.52. The third-order valence-electron chi connectivity index (χ3n) is 4.05. The number of benzene rings is 3. The fourth-order valence-electron chi connectivity index (χ4n) is 2.55. The van der Waals surface area contributed by atoms with Crippen LogP contribution in [0.4, 0.5) is 0 Å². The Hall–Kier alpha value is -3.29. The summed E-state index contributed by atoms with van der Waals surface area (Å²) in [4.78, 5) is 12.3. The highest BCUT2D eigenvalue weighted by atomic mass is 35.5. The highest BCUT2D eigenvalue weighted by Crippen LogP contribution is 2.26. The summed E-state index contributed by atoms with van der Waals surface area (Å²) in [6, 6.07) is 21.8. The van der Waals surface area contributed by atoms with Crippen molar-refractivity contribution < 1.29 is 14.3 Å². The molecule has 0 aliphatic carbocycles. The third-order valence-corrected chi connectivity index (χ3v) is 4.34. The molecule has 0 saturated heterocycles. The van der Waals surface area contributed by atoms with E-state index in [1.807, 2.05) is 36.4 Å². The van der Waals surface area contributed by atoms with Crippen LogP contribution in [0.2, 0.25) is 5.02 Å². The molecule has 0 saturated carbocycles. The van der Waals surface area contributed by atoms with E-state index in [1.54, 1.807) is 30.3 Å². The van der Waals surface area contributed by atoms with E-state index in [-0.39, 0.29) is 12.4 Å². The van der Waals surface area contributed by atoms with E-state index in [0.717, 1.165) is 11.1 Å². The van der Waals surface area contributed by atoms with Crippen molar-refractivity contribution in [3.8, 4) is 28.7 Å². The molecular formula is C22H16ClNO3. The van der Waals surface area contributed by atoms with Crippen molar-refractivity contribution in [2.24, 2.45) is 0 Å². The van der Waals surface area contributed by atoms with Crippen molar-refractivity contribution >= 4 is 17.4 Å². The van der Waals surface area contributed by atoms with Crippen LogP contribution < -0.4 is 9.47 Å². The number of ketones is 1. The van der Waals surface area contributed by atoms with Crippen LogP contribution in [0.1, 0.15) is 15.9 Å². The molecule has 0 spiro atoms. The fourth-order valence-corrected chi connectivity index (χ4v) is 2.81. The molecule has 27 heavy (non-hydrogen) atoms. The van der Waals surface area contributed by atoms with E-state index in [9.17, 15) is 4.79 Å². The summed E-state index contributed by atoms with van der Waals surface area (Å²) in [5, 5.41) is 9.24. The van der Waals surface area contributed by atoms with Crippen molar-refractivity contribution in [2.45, 2.75) is 0 Å². The topological polar surface area (TPSA) is 59.3 Å². The smallest absolute Gasteiger partial charge is 0.200 e. The lowest BCUT2D eigenvalue weighted by Gasteiger charge is -2.08. The summed E-state index contributed by atoms with van der Waals surface area (Å²) in [5.74, 6) is 0.948. The second-order valence-corrected chi connectivity index (χ2v) is 6.18. The van der Waals surface area contributed by atoms with Crippen LogP contribution in [0.5, 0.6) is 11.5 Å². The lowest BCUT2D eigenvalue weighted by Crippen LogP contribution is -2.11. The number of rotatable bonds is 6. The quantitative estimate of drug-likeness (QED) is 0.557. The molecular weight excluding hydrogens is 362 g/mol. The summed E-state index contributed by atoms with van der Waals surface area (Å²) < 4.78 is 10.7. The number of halogens is 1. The summed E-state index contributed by atoms with van der Waals surface area (Å²) in [6.45, 7) is -0.0845. The number of carbonyl (C=O) groups excluding carboxylic acids is 1. The van der Waals surface area contributed by atoms with Crippen LogP contribution >= 0.6 is 11.6 Å². The molecule has 3 rings (SSSR count). The molecule has 3 aromatic rings. The molecule has 0 aromatic heterocycles. The van der Waals surface area contributed by atoms with Crippen LogP contribution in [-0.4, -0.2) is 19.5 Å². The molecule has 0 aliphatic heterocycles. The Morgan fingerprint density at radius 3 is 2.19 bits per heavy atom. The van der Waals surface area contributed by atoms with Crippen molar-refractivity contribution in [1.29, 1.82) is 5.26 Å². The molecule has 0 radical (unpaired) electrons. The van der Waals surface area contributed by atoms with Crippen molar-refractivity contribution in [1.82, 2.24) is 0 Å². The first-order chi connectivity index (χ1) is 13.1. The maximum Gasteiger partial charge on any atom is 0.200 e. The van der Waals surface area contributed by atoms with Gasteiger partial charge in [-0.2, -0.15) is 5.26 Å². The molecule has 0 bridgehead atoms. The van der Waals surface area contributed by atoms with Gasteiger partial charge in [0.15, 0.2) is 12.4 Å². The largest absolute Gasteiger partial charge is 0.495 e. The molecule has 134 valence electrons. The second-order valence-electron chi connectivity index (χ2n) is 5.77. The molecule has 3 aromatic carbocycles. The van der Waals surface area contributed by atoms with Crippen LogP contribution in [0, 0.1) is 11.3 Å². The van der Waals surface area contributed by atoms with Gasteiger partial charge in [-0.1, -0.05) is 35.9 Å². The predicted octanol–water partition coefficient (Wildman–Crippen LogP) is 5.15. The maximum absolute atomic E-state index is 12.3. The number of methoxy groups -OCH3 is 1. The zero-order chi connectivity index (χ0) is 19.2. The molecule has 0 aliphatic rings. The minimum atomic E-state index is -0.171. The highest BCUT2D eigenvalue weighted by Gasteiger charge is 2.10. The first-order valence-electron chi connectivity index (χ1n) is 8.21. The lowest BCUT2D eigenvalue weighted by atomic mass is 10.0. The Labute approximate surface area is 162 Å². The van der Waals surface area contributed by atoms with Gasteiger partial charge < -0.3 is 9.47 Å². The Balaban J connectivity index is 1.63. The van der Waals surface area contributed by atoms with Gasteiger partial charge in [-0.05, 0) is 53.6 Å². The summed E-state index contributed by atoms with van der Waals surface area (Å²) >= 11 is 6.05. The highest BCUT2D eigenvalue weighted by molar-refractivity contribution is 6.32. The Morgan fingerprint density at radius 2 is 1.63 bits per heavy atom. The Morgan fingerprint density at radius 1 is 1.00 bits per heavy atom. The van der Waals surface area contributed by atoms with Gasteiger partial charge in [0.25, 0.3) is 0 Å². The van der Waals surface area contributed by atoms with Gasteiger partial charge in [-0.3, -0.25) is 4.79 Å². The fraction of sp³-hybridized carbons (Fsp3) is 0.0909. The number of hydrogen-bond acceptors (Lipinski definition) is 4. The zero-order valence-electron chi connectivity index (χ0n) is 14.6. The number of ether oxygens (including phenoxy) is 2. The van der Waals surface area contributed by atoms with Crippen LogP contribution in [0.3, 0.4) is 0 Å². The average molecular weight is 378 g/mol. The molecule has 4 nitrogen and oxygen atoms in total. The first-order valence-corrected chi connectivity index (χ1v) is 8.58. The van der Waals surface area contributed by atoms with Gasteiger partial charge in [-0.15, -0.1) is 0 Å². The van der Waals surface area contributed by atoms with Crippen molar-refractivity contribution in [2.75, 3.05) is 13.7 Å². The first kappa shape index (κ1) is 18.5. The lowest BCUT2D eigenvalue weighted by molar-refractivity contribution is 0.0921. The van der Waals surface area contributed by atoms with E-state index in [4.69, 9.17) is 26.3 Å². The third kappa shape index (κ3) is 4.46. The molecule has 0 atom stereocenters. The molecule has 0 fully saturated rings. The van der Waals surface area contributed by atoms with Gasteiger partial charge >= 0.3 is 0 Å². The van der Waals surface area contributed by atoms with E-state index in [0.29, 0.717) is 27.6 Å². The van der Waals surface area contributed by atoms with Gasteiger partial charge in [0, 0.05) is 5.56 Å². The monoisotopic (exact) mass is 377 g/mol. The summed E-state index contributed by atoms with van der Waals surface area (Å²) in [5.41, 5.74) is 3.09. The molecule has 0 unspecified atom stereocenters. The van der Waals surface area contributed by atoms with Gasteiger partial charge in [-0.25, -0.2) is 0 Å². The predicted molar refractivity (Wildman–Crippen MR) is 104 cm³/mol. The zero-order valence-corrected chi connectivity index (χ0v) is 15.4. The number of hydrogen-bond donors (Lipinski definition) is 0. The normalized spacial score (nSPS) is 10.1. The van der Waals surface area contributed by atoms with Crippen LogP contribution in [0.15, 0.2) is 66.7 Å². The second kappa shape index (κ2) is 8.39. The number of Topliss-reactive ketones (excluding diaryl/α,β-unsaturated/α-hetero) is 1. The standard InChI is InChI=1S/C22H16ClNO3/c1-26-22-11-8-18(12-20(22)23)21(25)14-27-19-9-6-17(7-10-19)16-4-2-15(13-24)3-5-16/h2-12H,14H2,1H3. The molecule has 0 N–H and O–H groups in total. The van der Waals surface area contributed by atoms with Crippen molar-refractivity contribution in [3.05, 3.63) is 82.9 Å². The van der Waals surface area contributed by atoms with Gasteiger partial charge in [0.2, 0.25) is 0 Å². The minimum absolute atomic E-state index is 0.0845. The number of nitriles is 1. The Kier molecular flexibility index (Phi) is 5.75. The number of carbonyl (C=O) groups is 1. The van der Waals surface area contributed by atoms with Crippen LogP contribution in [-0.2, 0) is 0 Å². The SMILES string of the molecule is COc1ccc(C(=O)COc2ccc(-c3ccc(C#N)cc3)cc2)cc1Cl. The average Bonchev–Trinajstić information content (AvgIpc) is 2.72. The van der Waals surface area contributed by atoms with Crippen LogP contribution in [0.25, 0.3) is 11.1 Å². The minimum Gasteiger partial charge on any atom is -0.495 e. The Bertz CT molecular complexity index is 990. The van der Waals surface area contributed by atoms with E-state index in [1.165, 1.54) is 7.11 Å². The van der Waals surface area contributed by atoms with E-state index >= 15 is 0 Å². The molecule has 0 amide bonds. The maximum atomic E-state index is 12.3. The van der Waals surface area contributed by atoms with E-state index < -0.39 is 0 Å². The van der Waals surface area contributed by atoms with Gasteiger partial charge in [0.1, 0.15) is 11.5 Å². The van der Waals surface area contributed by atoms with Gasteiger partial charge in [0.05, 0.1) is 23.8 Å². The van der Waals surface area contributed by atoms with E-state index in [2.05, 4.69) is 6.07 Å². The van der Waals surface area contributed by atoms with Crippen molar-refractivity contribution in [3.63, 3.8) is 0 Å². The molecule has 0 heterocycles. The molecule has 5 heteroatoms.